The number of imide groups is 1. The van der Waals surface area contributed by atoms with Crippen LogP contribution in [0.3, 0.4) is 0 Å². The average molecular weight is 330 g/mol. The topological polar surface area (TPSA) is 66.5 Å². The third-order valence-corrected chi connectivity index (χ3v) is 4.63. The van der Waals surface area contributed by atoms with Crippen LogP contribution in [0.2, 0.25) is 0 Å². The molecule has 0 bridgehead atoms. The van der Waals surface area contributed by atoms with E-state index in [0.717, 1.165) is 4.90 Å². The lowest BCUT2D eigenvalue weighted by Crippen LogP contribution is -2.40. The highest BCUT2D eigenvalue weighted by Crippen LogP contribution is 2.34. The maximum atomic E-state index is 13.5. The molecular formula is C18H19FN2O3. The third-order valence-electron chi connectivity index (χ3n) is 4.63. The van der Waals surface area contributed by atoms with Crippen molar-refractivity contribution >= 4 is 17.7 Å². The van der Waals surface area contributed by atoms with Crippen LogP contribution in [-0.2, 0) is 20.9 Å². The maximum absolute atomic E-state index is 13.5. The number of allylic oxidation sites excluding steroid dienone is 2. The van der Waals surface area contributed by atoms with Crippen molar-refractivity contribution in [2.45, 2.75) is 26.3 Å². The molecule has 6 heteroatoms. The molecular weight excluding hydrogens is 311 g/mol. The Labute approximate surface area is 139 Å². The largest absolute Gasteiger partial charge is 0.350 e. The molecule has 0 aromatic heterocycles. The Morgan fingerprint density at radius 1 is 1.21 bits per heavy atom. The number of carbonyl (C=O) groups excluding carboxylic acids is 3. The van der Waals surface area contributed by atoms with E-state index >= 15 is 0 Å². The Kier molecular flexibility index (Phi) is 4.46. The van der Waals surface area contributed by atoms with Gasteiger partial charge in [-0.3, -0.25) is 19.3 Å². The zero-order valence-electron chi connectivity index (χ0n) is 13.4. The van der Waals surface area contributed by atoms with Gasteiger partial charge in [0.15, 0.2) is 0 Å². The fourth-order valence-electron chi connectivity index (χ4n) is 3.17. The van der Waals surface area contributed by atoms with Gasteiger partial charge in [-0.15, -0.1) is 0 Å². The minimum absolute atomic E-state index is 0.153. The normalized spacial score (nSPS) is 22.7. The van der Waals surface area contributed by atoms with Crippen LogP contribution in [0.15, 0.2) is 30.4 Å². The summed E-state index contributed by atoms with van der Waals surface area (Å²) in [6.45, 7) is 1.54. The number of benzene rings is 1. The SMILES string of the molecule is Cc1ccc(CNC(=O)CN2C(=O)C3CC=CCC3C2=O)cc1F. The van der Waals surface area contributed by atoms with Crippen molar-refractivity contribution in [3.05, 3.63) is 47.3 Å². The van der Waals surface area contributed by atoms with Gasteiger partial charge in [0.2, 0.25) is 17.7 Å². The van der Waals surface area contributed by atoms with Crippen molar-refractivity contribution in [2.75, 3.05) is 6.54 Å². The number of nitrogens with one attached hydrogen (secondary N) is 1. The van der Waals surface area contributed by atoms with Gasteiger partial charge in [-0.1, -0.05) is 24.3 Å². The van der Waals surface area contributed by atoms with Crippen LogP contribution in [0, 0.1) is 24.6 Å². The van der Waals surface area contributed by atoms with E-state index in [4.69, 9.17) is 0 Å². The van der Waals surface area contributed by atoms with Gasteiger partial charge in [0.05, 0.1) is 11.8 Å². The van der Waals surface area contributed by atoms with Crippen LogP contribution in [0.25, 0.3) is 0 Å². The van der Waals surface area contributed by atoms with Gasteiger partial charge in [-0.05, 0) is 37.0 Å². The second-order valence-corrected chi connectivity index (χ2v) is 6.28. The summed E-state index contributed by atoms with van der Waals surface area (Å²) < 4.78 is 13.5. The Morgan fingerprint density at radius 2 is 1.83 bits per heavy atom. The van der Waals surface area contributed by atoms with Crippen molar-refractivity contribution in [2.24, 2.45) is 11.8 Å². The molecule has 2 aliphatic rings. The van der Waals surface area contributed by atoms with Crippen LogP contribution in [0.1, 0.15) is 24.0 Å². The third kappa shape index (κ3) is 3.09. The molecule has 2 atom stereocenters. The highest BCUT2D eigenvalue weighted by atomic mass is 19.1. The van der Waals surface area contributed by atoms with E-state index in [1.54, 1.807) is 19.1 Å². The second kappa shape index (κ2) is 6.55. The number of hydrogen-bond donors (Lipinski definition) is 1. The predicted molar refractivity (Wildman–Crippen MR) is 85.1 cm³/mol. The zero-order chi connectivity index (χ0) is 17.3. The first-order valence-electron chi connectivity index (χ1n) is 7.99. The van der Waals surface area contributed by atoms with E-state index in [-0.39, 0.29) is 42.6 Å². The van der Waals surface area contributed by atoms with E-state index < -0.39 is 5.91 Å². The molecule has 1 N–H and O–H groups in total. The molecule has 1 aromatic rings. The van der Waals surface area contributed by atoms with E-state index in [1.165, 1.54) is 6.07 Å². The molecule has 24 heavy (non-hydrogen) atoms. The Morgan fingerprint density at radius 3 is 2.42 bits per heavy atom. The van der Waals surface area contributed by atoms with Gasteiger partial charge in [-0.25, -0.2) is 4.39 Å². The summed E-state index contributed by atoms with van der Waals surface area (Å²) in [4.78, 5) is 37.7. The molecule has 0 saturated carbocycles. The molecule has 1 fully saturated rings. The van der Waals surface area contributed by atoms with Gasteiger partial charge < -0.3 is 5.32 Å². The highest BCUT2D eigenvalue weighted by molar-refractivity contribution is 6.07. The van der Waals surface area contributed by atoms with E-state index in [1.807, 2.05) is 12.2 Å². The molecule has 1 aliphatic carbocycles. The molecule has 1 aromatic carbocycles. The summed E-state index contributed by atoms with van der Waals surface area (Å²) in [5.74, 6) is -1.97. The van der Waals surface area contributed by atoms with E-state index in [0.29, 0.717) is 24.0 Å². The minimum atomic E-state index is -0.427. The number of rotatable bonds is 4. The molecule has 126 valence electrons. The fourth-order valence-corrected chi connectivity index (χ4v) is 3.17. The first-order chi connectivity index (χ1) is 11.5. The first-order valence-corrected chi connectivity index (χ1v) is 7.99. The monoisotopic (exact) mass is 330 g/mol. The van der Waals surface area contributed by atoms with Gasteiger partial charge in [0.25, 0.3) is 0 Å². The summed E-state index contributed by atoms with van der Waals surface area (Å²) in [6, 6.07) is 4.73. The molecule has 3 amide bonds. The number of aryl methyl sites for hydroxylation is 1. The number of halogens is 1. The molecule has 0 spiro atoms. The molecule has 0 radical (unpaired) electrons. The molecule has 3 rings (SSSR count). The Balaban J connectivity index is 1.58. The van der Waals surface area contributed by atoms with Crippen LogP contribution in [0.4, 0.5) is 4.39 Å². The predicted octanol–water partition coefficient (Wildman–Crippen LogP) is 1.70. The van der Waals surface area contributed by atoms with Crippen molar-refractivity contribution < 1.29 is 18.8 Å². The van der Waals surface area contributed by atoms with Gasteiger partial charge in [-0.2, -0.15) is 0 Å². The molecule has 1 aliphatic heterocycles. The van der Waals surface area contributed by atoms with Crippen molar-refractivity contribution in [1.82, 2.24) is 10.2 Å². The maximum Gasteiger partial charge on any atom is 0.240 e. The number of nitrogens with zero attached hydrogens (tertiary/aromatic N) is 1. The lowest BCUT2D eigenvalue weighted by atomic mass is 9.85. The molecule has 1 saturated heterocycles. The van der Waals surface area contributed by atoms with Crippen molar-refractivity contribution in [3.63, 3.8) is 0 Å². The summed E-state index contributed by atoms with van der Waals surface area (Å²) >= 11 is 0. The lowest BCUT2D eigenvalue weighted by molar-refractivity contribution is -0.143. The number of fused-ring (bicyclic) bond motifs is 1. The second-order valence-electron chi connectivity index (χ2n) is 6.28. The quantitative estimate of drug-likeness (QED) is 0.675. The number of likely N-dealkylation sites (tertiary alicyclic amines) is 1. The zero-order valence-corrected chi connectivity index (χ0v) is 13.4. The standard InChI is InChI=1S/C18H19FN2O3/c1-11-6-7-12(8-15(11)19)9-20-16(22)10-21-17(23)13-4-2-3-5-14(13)18(21)24/h2-3,6-8,13-14H,4-5,9-10H2,1H3,(H,20,22). The Hall–Kier alpha value is -2.50. The smallest absolute Gasteiger partial charge is 0.240 e. The molecule has 1 heterocycles. The highest BCUT2D eigenvalue weighted by Gasteiger charge is 2.47. The summed E-state index contributed by atoms with van der Waals surface area (Å²) in [6.07, 6.45) is 4.91. The van der Waals surface area contributed by atoms with Gasteiger partial charge in [0, 0.05) is 6.54 Å². The van der Waals surface area contributed by atoms with Crippen LogP contribution in [0.5, 0.6) is 0 Å². The number of hydrogen-bond acceptors (Lipinski definition) is 3. The fraction of sp³-hybridized carbons (Fsp3) is 0.389. The summed E-state index contributed by atoms with van der Waals surface area (Å²) in [5.41, 5.74) is 1.16. The lowest BCUT2D eigenvalue weighted by Gasteiger charge is -2.14. The van der Waals surface area contributed by atoms with Crippen LogP contribution >= 0.6 is 0 Å². The van der Waals surface area contributed by atoms with Crippen molar-refractivity contribution in [1.29, 1.82) is 0 Å². The minimum Gasteiger partial charge on any atom is -0.350 e. The van der Waals surface area contributed by atoms with Gasteiger partial charge in [0.1, 0.15) is 12.4 Å². The Bertz CT molecular complexity index is 703. The van der Waals surface area contributed by atoms with Crippen LogP contribution in [-0.4, -0.2) is 29.2 Å². The van der Waals surface area contributed by atoms with Crippen LogP contribution < -0.4 is 5.32 Å². The first kappa shape index (κ1) is 16.4. The van der Waals surface area contributed by atoms with Crippen molar-refractivity contribution in [3.8, 4) is 0 Å². The summed E-state index contributed by atoms with van der Waals surface area (Å²) in [5, 5.41) is 2.63. The van der Waals surface area contributed by atoms with E-state index in [9.17, 15) is 18.8 Å². The molecule has 2 unspecified atom stereocenters. The van der Waals surface area contributed by atoms with E-state index in [2.05, 4.69) is 5.32 Å². The molecule has 5 nitrogen and oxygen atoms in total. The number of amides is 3. The van der Waals surface area contributed by atoms with Gasteiger partial charge >= 0.3 is 0 Å². The number of carbonyl (C=O) groups is 3. The average Bonchev–Trinajstić information content (AvgIpc) is 2.81. The summed E-state index contributed by atoms with van der Waals surface area (Å²) in [7, 11) is 0.